The van der Waals surface area contributed by atoms with Gasteiger partial charge in [0.05, 0.1) is 7.05 Å². The van der Waals surface area contributed by atoms with Crippen LogP contribution in [0.2, 0.25) is 0 Å². The molecule has 0 aliphatic carbocycles. The Labute approximate surface area is 136 Å². The van der Waals surface area contributed by atoms with Gasteiger partial charge in [-0.3, -0.25) is 14.9 Å². The number of imide groups is 1. The van der Waals surface area contributed by atoms with Crippen LogP contribution in [0.15, 0.2) is 30.3 Å². The molecule has 1 rings (SSSR count). The SMILES string of the molecule is CNC(=O)NC(=O)[C@H](c1ccccc1)[NH+](C)CC(=O)NC(C)C. The number of nitrogens with one attached hydrogen (secondary N) is 4. The van der Waals surface area contributed by atoms with E-state index >= 15 is 0 Å². The molecule has 126 valence electrons. The molecule has 0 aromatic heterocycles. The van der Waals surface area contributed by atoms with Crippen molar-refractivity contribution in [1.82, 2.24) is 16.0 Å². The number of quaternary nitrogens is 1. The number of amides is 4. The number of benzene rings is 1. The topological polar surface area (TPSA) is 91.7 Å². The van der Waals surface area contributed by atoms with Crippen LogP contribution in [-0.2, 0) is 9.59 Å². The van der Waals surface area contributed by atoms with E-state index in [4.69, 9.17) is 0 Å². The first-order chi connectivity index (χ1) is 10.8. The predicted octanol–water partition coefficient (Wildman–Crippen LogP) is -0.777. The largest absolute Gasteiger partial charge is 0.349 e. The first-order valence-electron chi connectivity index (χ1n) is 7.54. The molecule has 0 radical (unpaired) electrons. The standard InChI is InChI=1S/C16H24N4O3/c1-11(2)18-13(21)10-20(4)14(12-8-6-5-7-9-12)15(22)19-16(23)17-3/h5-9,11,14H,10H2,1-4H3,(H,18,21)(H2,17,19,22,23)/p+1/t14-/m0/s1. The maximum absolute atomic E-state index is 12.4. The average Bonchev–Trinajstić information content (AvgIpc) is 2.47. The molecule has 0 aliphatic rings. The summed E-state index contributed by atoms with van der Waals surface area (Å²) in [7, 11) is 3.19. The van der Waals surface area contributed by atoms with Gasteiger partial charge in [-0.2, -0.15) is 0 Å². The molecule has 23 heavy (non-hydrogen) atoms. The number of carbonyl (C=O) groups is 3. The Morgan fingerprint density at radius 2 is 1.74 bits per heavy atom. The third-order valence-corrected chi connectivity index (χ3v) is 3.24. The molecule has 0 heterocycles. The molecule has 4 N–H and O–H groups in total. The lowest BCUT2D eigenvalue weighted by atomic mass is 10.0. The third kappa shape index (κ3) is 6.07. The van der Waals surface area contributed by atoms with Crippen molar-refractivity contribution in [1.29, 1.82) is 0 Å². The molecule has 0 saturated heterocycles. The van der Waals surface area contributed by atoms with Crippen molar-refractivity contribution in [3.8, 4) is 0 Å². The lowest BCUT2D eigenvalue weighted by Crippen LogP contribution is -3.11. The van der Waals surface area contributed by atoms with E-state index in [-0.39, 0.29) is 18.5 Å². The van der Waals surface area contributed by atoms with Crippen molar-refractivity contribution in [2.45, 2.75) is 25.9 Å². The van der Waals surface area contributed by atoms with E-state index in [1.165, 1.54) is 7.05 Å². The molecule has 1 aromatic carbocycles. The molecule has 0 saturated carbocycles. The van der Waals surface area contributed by atoms with E-state index in [1.807, 2.05) is 32.0 Å². The van der Waals surface area contributed by atoms with Crippen LogP contribution in [0.25, 0.3) is 0 Å². The van der Waals surface area contributed by atoms with Crippen LogP contribution in [-0.4, -0.2) is 44.5 Å². The average molecular weight is 321 g/mol. The molecular weight excluding hydrogens is 296 g/mol. The van der Waals surface area contributed by atoms with Crippen LogP contribution >= 0.6 is 0 Å². The number of rotatable bonds is 6. The zero-order valence-corrected chi connectivity index (χ0v) is 14.0. The van der Waals surface area contributed by atoms with E-state index in [0.29, 0.717) is 4.90 Å². The van der Waals surface area contributed by atoms with Crippen LogP contribution in [0, 0.1) is 0 Å². The van der Waals surface area contributed by atoms with Crippen LogP contribution < -0.4 is 20.9 Å². The van der Waals surface area contributed by atoms with Gasteiger partial charge < -0.3 is 15.5 Å². The summed E-state index contributed by atoms with van der Waals surface area (Å²) < 4.78 is 0. The van der Waals surface area contributed by atoms with Gasteiger partial charge in [-0.05, 0) is 13.8 Å². The van der Waals surface area contributed by atoms with E-state index in [0.717, 1.165) is 5.56 Å². The maximum atomic E-state index is 12.4. The summed E-state index contributed by atoms with van der Waals surface area (Å²) in [5.74, 6) is -0.600. The number of carbonyl (C=O) groups excluding carboxylic acids is 3. The molecular formula is C16H25N4O3+. The minimum absolute atomic E-state index is 0.0326. The third-order valence-electron chi connectivity index (χ3n) is 3.24. The van der Waals surface area contributed by atoms with E-state index in [1.54, 1.807) is 19.2 Å². The van der Waals surface area contributed by atoms with Crippen molar-refractivity contribution in [3.63, 3.8) is 0 Å². The van der Waals surface area contributed by atoms with E-state index in [2.05, 4.69) is 16.0 Å². The summed E-state index contributed by atoms with van der Waals surface area (Å²) in [6.07, 6.45) is 0. The second-order valence-corrected chi connectivity index (χ2v) is 5.66. The van der Waals surface area contributed by atoms with Crippen LogP contribution in [0.5, 0.6) is 0 Å². The Balaban J connectivity index is 2.93. The lowest BCUT2D eigenvalue weighted by molar-refractivity contribution is -0.894. The Morgan fingerprint density at radius 3 is 2.26 bits per heavy atom. The van der Waals surface area contributed by atoms with Gasteiger partial charge in [0.25, 0.3) is 11.8 Å². The van der Waals surface area contributed by atoms with Gasteiger partial charge in [-0.15, -0.1) is 0 Å². The Morgan fingerprint density at radius 1 is 1.13 bits per heavy atom. The van der Waals surface area contributed by atoms with Crippen molar-refractivity contribution >= 4 is 17.8 Å². The summed E-state index contributed by atoms with van der Waals surface area (Å²) in [6, 6.07) is 7.88. The van der Waals surface area contributed by atoms with Crippen molar-refractivity contribution in [3.05, 3.63) is 35.9 Å². The molecule has 7 nitrogen and oxygen atoms in total. The number of hydrogen-bond donors (Lipinski definition) is 4. The quantitative estimate of drug-likeness (QED) is 0.554. The fourth-order valence-corrected chi connectivity index (χ4v) is 2.28. The zero-order valence-electron chi connectivity index (χ0n) is 14.0. The molecule has 2 atom stereocenters. The molecule has 4 amide bonds. The normalized spacial score (nSPS) is 13.1. The fraction of sp³-hybridized carbons (Fsp3) is 0.438. The minimum atomic E-state index is -0.661. The molecule has 1 unspecified atom stereocenters. The first-order valence-corrected chi connectivity index (χ1v) is 7.54. The van der Waals surface area contributed by atoms with Gasteiger partial charge in [0, 0.05) is 18.7 Å². The predicted molar refractivity (Wildman–Crippen MR) is 86.8 cm³/mol. The molecule has 7 heteroatoms. The summed E-state index contributed by atoms with van der Waals surface area (Å²) in [5.41, 5.74) is 0.740. The minimum Gasteiger partial charge on any atom is -0.349 e. The highest BCUT2D eigenvalue weighted by Crippen LogP contribution is 2.09. The van der Waals surface area contributed by atoms with Crippen molar-refractivity contribution < 1.29 is 19.3 Å². The van der Waals surface area contributed by atoms with Gasteiger partial charge in [0.1, 0.15) is 0 Å². The maximum Gasteiger partial charge on any atom is 0.321 e. The highest BCUT2D eigenvalue weighted by Gasteiger charge is 2.31. The Hall–Kier alpha value is -2.41. The van der Waals surface area contributed by atoms with Gasteiger partial charge >= 0.3 is 6.03 Å². The number of urea groups is 1. The van der Waals surface area contributed by atoms with E-state index < -0.39 is 18.0 Å². The highest BCUT2D eigenvalue weighted by atomic mass is 16.2. The van der Waals surface area contributed by atoms with Gasteiger partial charge in [0.15, 0.2) is 12.6 Å². The first kappa shape index (κ1) is 18.6. The fourth-order valence-electron chi connectivity index (χ4n) is 2.28. The van der Waals surface area contributed by atoms with Gasteiger partial charge in [0.2, 0.25) is 0 Å². The van der Waals surface area contributed by atoms with E-state index in [9.17, 15) is 14.4 Å². The highest BCUT2D eigenvalue weighted by molar-refractivity contribution is 5.96. The molecule has 0 fully saturated rings. The monoisotopic (exact) mass is 321 g/mol. The second-order valence-electron chi connectivity index (χ2n) is 5.66. The van der Waals surface area contributed by atoms with Gasteiger partial charge in [-0.1, -0.05) is 30.3 Å². The second kappa shape index (κ2) is 8.89. The lowest BCUT2D eigenvalue weighted by Gasteiger charge is -2.24. The Kier molecular flexibility index (Phi) is 7.21. The number of hydrogen-bond acceptors (Lipinski definition) is 3. The van der Waals surface area contributed by atoms with Crippen LogP contribution in [0.4, 0.5) is 4.79 Å². The molecule has 0 spiro atoms. The Bertz CT molecular complexity index is 546. The molecule has 0 bridgehead atoms. The van der Waals surface area contributed by atoms with Crippen molar-refractivity contribution in [2.75, 3.05) is 20.6 Å². The molecule has 0 aliphatic heterocycles. The number of likely N-dealkylation sites (N-methyl/N-ethyl adjacent to an activating group) is 1. The van der Waals surface area contributed by atoms with Crippen LogP contribution in [0.1, 0.15) is 25.5 Å². The van der Waals surface area contributed by atoms with Crippen LogP contribution in [0.3, 0.4) is 0 Å². The van der Waals surface area contributed by atoms with Gasteiger partial charge in [-0.25, -0.2) is 4.79 Å². The summed E-state index contributed by atoms with van der Waals surface area (Å²) in [5, 5.41) is 7.43. The summed E-state index contributed by atoms with van der Waals surface area (Å²) >= 11 is 0. The smallest absolute Gasteiger partial charge is 0.321 e. The molecule has 1 aromatic rings. The van der Waals surface area contributed by atoms with Crippen molar-refractivity contribution in [2.24, 2.45) is 0 Å². The summed E-state index contributed by atoms with van der Waals surface area (Å²) in [4.78, 5) is 36.5. The summed E-state index contributed by atoms with van der Waals surface area (Å²) in [6.45, 7) is 3.87. The zero-order chi connectivity index (χ0) is 17.4.